The van der Waals surface area contributed by atoms with Gasteiger partial charge in [0.05, 0.1) is 11.1 Å². The van der Waals surface area contributed by atoms with E-state index < -0.39 is 0 Å². The lowest BCUT2D eigenvalue weighted by Gasteiger charge is -2.15. The predicted molar refractivity (Wildman–Crippen MR) is 103 cm³/mol. The Bertz CT molecular complexity index is 990. The fourth-order valence-electron chi connectivity index (χ4n) is 3.68. The molecule has 1 aliphatic rings. The van der Waals surface area contributed by atoms with Crippen LogP contribution < -0.4 is 5.32 Å². The van der Waals surface area contributed by atoms with Crippen LogP contribution in [-0.2, 0) is 12.8 Å². The van der Waals surface area contributed by atoms with Crippen LogP contribution in [0.15, 0.2) is 36.4 Å². The Morgan fingerprint density at radius 3 is 2.64 bits per heavy atom. The van der Waals surface area contributed by atoms with Crippen LogP contribution in [0, 0.1) is 13.8 Å². The zero-order chi connectivity index (χ0) is 17.6. The van der Waals surface area contributed by atoms with Gasteiger partial charge >= 0.3 is 0 Å². The number of carbonyl (C=O) groups excluding carboxylic acids is 1. The molecule has 0 atom stereocenters. The predicted octanol–water partition coefficient (Wildman–Crippen LogP) is 5.25. The largest absolute Gasteiger partial charge is 0.321 e. The highest BCUT2D eigenvalue weighted by Gasteiger charge is 2.24. The summed E-state index contributed by atoms with van der Waals surface area (Å²) in [4.78, 5) is 18.0. The molecule has 0 aliphatic heterocycles. The van der Waals surface area contributed by atoms with Crippen molar-refractivity contribution in [2.75, 3.05) is 5.32 Å². The molecule has 1 aliphatic carbocycles. The van der Waals surface area contributed by atoms with E-state index in [0.717, 1.165) is 63.8 Å². The lowest BCUT2D eigenvalue weighted by molar-refractivity contribution is 0.102. The molecule has 0 unspecified atom stereocenters. The molecule has 2 aromatic carbocycles. The molecule has 1 aromatic heterocycles. The van der Waals surface area contributed by atoms with Gasteiger partial charge in [-0.25, -0.2) is 0 Å². The molecular weight excluding hydrogens is 332 g/mol. The second kappa shape index (κ2) is 6.16. The first-order chi connectivity index (χ1) is 12.0. The van der Waals surface area contributed by atoms with Crippen molar-refractivity contribution in [3.05, 3.63) is 69.4 Å². The fraction of sp³-hybridized carbons (Fsp3) is 0.238. The van der Waals surface area contributed by atoms with Crippen LogP contribution >= 0.6 is 11.6 Å². The van der Waals surface area contributed by atoms with E-state index in [1.165, 1.54) is 0 Å². The summed E-state index contributed by atoms with van der Waals surface area (Å²) >= 11 is 6.20. The molecule has 0 spiro atoms. The Hall–Kier alpha value is -2.39. The number of benzene rings is 2. The minimum absolute atomic E-state index is 0.0785. The van der Waals surface area contributed by atoms with Crippen LogP contribution in [0.1, 0.15) is 39.2 Å². The third-order valence-electron chi connectivity index (χ3n) is 4.92. The van der Waals surface area contributed by atoms with E-state index in [0.29, 0.717) is 5.02 Å². The Balaban J connectivity index is 1.88. The van der Waals surface area contributed by atoms with Gasteiger partial charge in [-0.1, -0.05) is 29.8 Å². The zero-order valence-corrected chi connectivity index (χ0v) is 15.1. The molecule has 0 radical (unpaired) electrons. The van der Waals surface area contributed by atoms with Gasteiger partial charge in [0.2, 0.25) is 0 Å². The summed E-state index contributed by atoms with van der Waals surface area (Å²) < 4.78 is 0. The monoisotopic (exact) mass is 350 g/mol. The highest BCUT2D eigenvalue weighted by molar-refractivity contribution is 6.31. The third-order valence-corrected chi connectivity index (χ3v) is 5.16. The average molecular weight is 351 g/mol. The number of nitrogens with zero attached hydrogens (tertiary/aromatic N) is 1. The second-order valence-corrected chi connectivity index (χ2v) is 7.08. The highest BCUT2D eigenvalue weighted by atomic mass is 35.5. The van der Waals surface area contributed by atoms with Crippen molar-refractivity contribution < 1.29 is 4.79 Å². The summed E-state index contributed by atoms with van der Waals surface area (Å²) in [7, 11) is 0. The van der Waals surface area contributed by atoms with Crippen molar-refractivity contribution in [2.24, 2.45) is 0 Å². The van der Waals surface area contributed by atoms with E-state index in [1.807, 2.05) is 50.2 Å². The topological polar surface area (TPSA) is 42.0 Å². The van der Waals surface area contributed by atoms with Gasteiger partial charge < -0.3 is 5.32 Å². The van der Waals surface area contributed by atoms with Crippen molar-refractivity contribution in [1.29, 1.82) is 0 Å². The summed E-state index contributed by atoms with van der Waals surface area (Å²) in [5.74, 6) is -0.0785. The molecule has 3 aromatic rings. The maximum Gasteiger partial charge on any atom is 0.256 e. The molecule has 25 heavy (non-hydrogen) atoms. The van der Waals surface area contributed by atoms with Gasteiger partial charge in [-0.3, -0.25) is 9.78 Å². The minimum Gasteiger partial charge on any atom is -0.321 e. The molecule has 126 valence electrons. The van der Waals surface area contributed by atoms with Crippen LogP contribution in [0.2, 0.25) is 5.02 Å². The number of para-hydroxylation sites is 1. The van der Waals surface area contributed by atoms with Crippen LogP contribution in [0.5, 0.6) is 0 Å². The number of hydrogen-bond donors (Lipinski definition) is 1. The first-order valence-corrected chi connectivity index (χ1v) is 8.91. The standard InChI is InChI=1S/C21H19ClN2O/c1-12-5-3-6-13(2)20(12)24-21(25)19-15-7-4-8-17(15)23-18-10-9-14(22)11-16(18)19/h3,5-6,9-11H,4,7-8H2,1-2H3,(H,24,25). The lowest BCUT2D eigenvalue weighted by atomic mass is 10.00. The van der Waals surface area contributed by atoms with E-state index in [9.17, 15) is 4.79 Å². The Morgan fingerprint density at radius 2 is 1.88 bits per heavy atom. The van der Waals surface area contributed by atoms with Crippen LogP contribution in [0.4, 0.5) is 5.69 Å². The van der Waals surface area contributed by atoms with E-state index in [4.69, 9.17) is 16.6 Å². The highest BCUT2D eigenvalue weighted by Crippen LogP contribution is 2.32. The number of carbonyl (C=O) groups is 1. The van der Waals surface area contributed by atoms with Gasteiger partial charge in [0.15, 0.2) is 0 Å². The van der Waals surface area contributed by atoms with E-state index in [2.05, 4.69) is 5.32 Å². The molecule has 1 N–H and O–H groups in total. The smallest absolute Gasteiger partial charge is 0.256 e. The molecule has 1 amide bonds. The first-order valence-electron chi connectivity index (χ1n) is 8.53. The molecular formula is C21H19ClN2O. The zero-order valence-electron chi connectivity index (χ0n) is 14.3. The maximum atomic E-state index is 13.2. The van der Waals surface area contributed by atoms with E-state index in [1.54, 1.807) is 0 Å². The summed E-state index contributed by atoms with van der Waals surface area (Å²) in [6.45, 7) is 4.02. The van der Waals surface area contributed by atoms with Crippen molar-refractivity contribution in [2.45, 2.75) is 33.1 Å². The number of aromatic nitrogens is 1. The number of anilines is 1. The summed E-state index contributed by atoms with van der Waals surface area (Å²) in [5, 5.41) is 4.58. The minimum atomic E-state index is -0.0785. The van der Waals surface area contributed by atoms with Gasteiger partial charge in [-0.2, -0.15) is 0 Å². The SMILES string of the molecule is Cc1cccc(C)c1NC(=O)c1c2c(nc3ccc(Cl)cc13)CCC2. The number of rotatable bonds is 2. The number of pyridine rings is 1. The van der Waals surface area contributed by atoms with Gasteiger partial charge in [-0.15, -0.1) is 0 Å². The number of hydrogen-bond acceptors (Lipinski definition) is 2. The summed E-state index contributed by atoms with van der Waals surface area (Å²) in [6.07, 6.45) is 2.86. The summed E-state index contributed by atoms with van der Waals surface area (Å²) in [6, 6.07) is 11.6. The fourth-order valence-corrected chi connectivity index (χ4v) is 3.85. The average Bonchev–Trinajstić information content (AvgIpc) is 3.04. The van der Waals surface area contributed by atoms with Gasteiger partial charge in [0.1, 0.15) is 0 Å². The first kappa shape index (κ1) is 16.1. The quantitative estimate of drug-likeness (QED) is 0.686. The van der Waals surface area contributed by atoms with Crippen molar-refractivity contribution in [3.63, 3.8) is 0 Å². The maximum absolute atomic E-state index is 13.2. The van der Waals surface area contributed by atoms with Crippen molar-refractivity contribution in [1.82, 2.24) is 4.98 Å². The Morgan fingerprint density at radius 1 is 1.12 bits per heavy atom. The normalized spacial score (nSPS) is 13.1. The number of aryl methyl sites for hydroxylation is 3. The molecule has 0 bridgehead atoms. The number of fused-ring (bicyclic) bond motifs is 2. The lowest BCUT2D eigenvalue weighted by Crippen LogP contribution is -2.17. The number of halogens is 1. The number of nitrogens with one attached hydrogen (secondary N) is 1. The summed E-state index contributed by atoms with van der Waals surface area (Å²) in [5.41, 5.74) is 6.66. The molecule has 0 saturated carbocycles. The Labute approximate surface area is 152 Å². The molecule has 1 heterocycles. The van der Waals surface area contributed by atoms with Gasteiger partial charge in [0.25, 0.3) is 5.91 Å². The van der Waals surface area contributed by atoms with Gasteiger partial charge in [0, 0.05) is 21.8 Å². The van der Waals surface area contributed by atoms with Crippen molar-refractivity contribution >= 4 is 34.1 Å². The van der Waals surface area contributed by atoms with Gasteiger partial charge in [-0.05, 0) is 68.0 Å². The van der Waals surface area contributed by atoms with Crippen LogP contribution in [0.25, 0.3) is 10.9 Å². The molecule has 0 saturated heterocycles. The molecule has 3 nitrogen and oxygen atoms in total. The molecule has 4 heteroatoms. The molecule has 0 fully saturated rings. The van der Waals surface area contributed by atoms with E-state index in [-0.39, 0.29) is 5.91 Å². The molecule has 4 rings (SSSR count). The van der Waals surface area contributed by atoms with Crippen LogP contribution in [0.3, 0.4) is 0 Å². The number of amides is 1. The van der Waals surface area contributed by atoms with Crippen LogP contribution in [-0.4, -0.2) is 10.9 Å². The van der Waals surface area contributed by atoms with Crippen molar-refractivity contribution in [3.8, 4) is 0 Å². The Kier molecular flexibility index (Phi) is 3.97. The second-order valence-electron chi connectivity index (χ2n) is 6.65. The van der Waals surface area contributed by atoms with E-state index >= 15 is 0 Å². The third kappa shape index (κ3) is 2.79.